The van der Waals surface area contributed by atoms with E-state index in [1.165, 1.54) is 30.4 Å². The first-order valence-electron chi connectivity index (χ1n) is 9.36. The molecule has 4 nitrogen and oxygen atoms in total. The predicted octanol–water partition coefficient (Wildman–Crippen LogP) is 3.51. The highest BCUT2D eigenvalue weighted by Crippen LogP contribution is 2.33. The topological polar surface area (TPSA) is 39.7 Å². The maximum absolute atomic E-state index is 4.42. The summed E-state index contributed by atoms with van der Waals surface area (Å²) in [6.07, 6.45) is 3.99. The van der Waals surface area contributed by atoms with Crippen molar-refractivity contribution in [2.45, 2.75) is 64.1 Å². The average Bonchev–Trinajstić information content (AvgIpc) is 3.35. The van der Waals surface area contributed by atoms with Crippen molar-refractivity contribution in [1.29, 1.82) is 0 Å². The molecule has 1 aliphatic heterocycles. The Morgan fingerprint density at radius 3 is 2.56 bits per heavy atom. The van der Waals surface area contributed by atoms with Gasteiger partial charge in [-0.1, -0.05) is 36.8 Å². The van der Waals surface area contributed by atoms with Crippen LogP contribution in [0.1, 0.15) is 50.2 Å². The minimum Gasteiger partial charge on any atom is -0.356 e. The summed E-state index contributed by atoms with van der Waals surface area (Å²) < 4.78 is 0. The van der Waals surface area contributed by atoms with Gasteiger partial charge in [-0.05, 0) is 44.6 Å². The maximum Gasteiger partial charge on any atom is 0.191 e. The summed E-state index contributed by atoms with van der Waals surface area (Å²) in [6.45, 7) is 8.80. The summed E-state index contributed by atoms with van der Waals surface area (Å²) in [5, 5.41) is 7.13. The lowest BCUT2D eigenvalue weighted by molar-refractivity contribution is 0.256. The van der Waals surface area contributed by atoms with Crippen molar-refractivity contribution in [2.75, 3.05) is 20.1 Å². The number of rotatable bonds is 5. The summed E-state index contributed by atoms with van der Waals surface area (Å²) in [4.78, 5) is 7.08. The minimum absolute atomic E-state index is 0. The predicted molar refractivity (Wildman–Crippen MR) is 117 cm³/mol. The van der Waals surface area contributed by atoms with Crippen LogP contribution in [0.15, 0.2) is 29.3 Å². The molecule has 2 aliphatic rings. The molecule has 3 atom stereocenters. The summed E-state index contributed by atoms with van der Waals surface area (Å²) in [6, 6.07) is 10.9. The second-order valence-electron chi connectivity index (χ2n) is 7.62. The van der Waals surface area contributed by atoms with Gasteiger partial charge in [0, 0.05) is 38.3 Å². The number of aryl methyl sites for hydroxylation is 1. The fraction of sp³-hybridized carbons (Fsp3) is 0.650. The number of nitrogens with one attached hydrogen (secondary N) is 2. The molecular weight excluding hydrogens is 423 g/mol. The summed E-state index contributed by atoms with van der Waals surface area (Å²) in [7, 11) is 1.86. The number of likely N-dealkylation sites (tertiary alicyclic amines) is 1. The monoisotopic (exact) mass is 456 g/mol. The van der Waals surface area contributed by atoms with Crippen LogP contribution in [-0.4, -0.2) is 49.1 Å². The number of benzene rings is 1. The van der Waals surface area contributed by atoms with Crippen molar-refractivity contribution in [3.8, 4) is 0 Å². The fourth-order valence-corrected chi connectivity index (χ4v) is 3.73. The van der Waals surface area contributed by atoms with Gasteiger partial charge in [0.2, 0.25) is 0 Å². The van der Waals surface area contributed by atoms with Crippen molar-refractivity contribution >= 4 is 29.9 Å². The Morgan fingerprint density at radius 1 is 1.28 bits per heavy atom. The van der Waals surface area contributed by atoms with Gasteiger partial charge in [0.1, 0.15) is 0 Å². The summed E-state index contributed by atoms with van der Waals surface area (Å²) >= 11 is 0. The molecule has 5 heteroatoms. The number of hydrogen-bond acceptors (Lipinski definition) is 2. The lowest BCUT2D eigenvalue weighted by atomic mass is 10.0. The third kappa shape index (κ3) is 5.58. The minimum atomic E-state index is 0. The standard InChI is InChI=1S/C20H32N4.HI/c1-14-5-7-17(8-6-14)15(2)12-22-20(21-4)23-18-11-16(3)24(13-18)19-9-10-19;/h5-8,15-16,18-19H,9-13H2,1-4H3,(H2,21,22,23);1H. The zero-order valence-corrected chi connectivity index (χ0v) is 18.3. The average molecular weight is 456 g/mol. The smallest absolute Gasteiger partial charge is 0.191 e. The number of nitrogens with zero attached hydrogens (tertiary/aromatic N) is 2. The van der Waals surface area contributed by atoms with Gasteiger partial charge in [-0.3, -0.25) is 9.89 Å². The number of halogens is 1. The van der Waals surface area contributed by atoms with E-state index in [1.54, 1.807) is 0 Å². The van der Waals surface area contributed by atoms with E-state index >= 15 is 0 Å². The first kappa shape index (κ1) is 20.5. The SMILES string of the molecule is CN=C(NCC(C)c1ccc(C)cc1)NC1CC(C)N(C2CC2)C1.I. The number of hydrogen-bond donors (Lipinski definition) is 2. The first-order chi connectivity index (χ1) is 11.6. The summed E-state index contributed by atoms with van der Waals surface area (Å²) in [5.41, 5.74) is 2.69. The molecule has 3 unspecified atom stereocenters. The zero-order valence-electron chi connectivity index (χ0n) is 16.0. The molecule has 3 rings (SSSR count). The fourth-order valence-electron chi connectivity index (χ4n) is 3.73. The molecule has 1 heterocycles. The zero-order chi connectivity index (χ0) is 17.1. The molecule has 140 valence electrons. The highest BCUT2D eigenvalue weighted by molar-refractivity contribution is 14.0. The van der Waals surface area contributed by atoms with E-state index in [9.17, 15) is 0 Å². The van der Waals surface area contributed by atoms with Crippen LogP contribution >= 0.6 is 24.0 Å². The van der Waals surface area contributed by atoms with Gasteiger partial charge in [0.15, 0.2) is 5.96 Å². The van der Waals surface area contributed by atoms with Crippen LogP contribution in [0.4, 0.5) is 0 Å². The van der Waals surface area contributed by atoms with Crippen molar-refractivity contribution in [1.82, 2.24) is 15.5 Å². The Kier molecular flexibility index (Phi) is 7.55. The highest BCUT2D eigenvalue weighted by atomic mass is 127. The maximum atomic E-state index is 4.42. The Bertz CT molecular complexity index is 568. The van der Waals surface area contributed by atoms with E-state index in [2.05, 4.69) is 65.6 Å². The van der Waals surface area contributed by atoms with Crippen LogP contribution < -0.4 is 10.6 Å². The van der Waals surface area contributed by atoms with E-state index in [1.807, 2.05) is 7.05 Å². The molecule has 1 saturated carbocycles. The van der Waals surface area contributed by atoms with Crippen LogP contribution in [-0.2, 0) is 0 Å². The third-order valence-electron chi connectivity index (χ3n) is 5.43. The van der Waals surface area contributed by atoms with Gasteiger partial charge in [-0.25, -0.2) is 0 Å². The second-order valence-corrected chi connectivity index (χ2v) is 7.62. The third-order valence-corrected chi connectivity index (χ3v) is 5.43. The Labute approximate surface area is 169 Å². The molecule has 1 aliphatic carbocycles. The Balaban J connectivity index is 0.00000225. The first-order valence-corrected chi connectivity index (χ1v) is 9.36. The molecule has 0 spiro atoms. The molecule has 25 heavy (non-hydrogen) atoms. The van der Waals surface area contributed by atoms with Gasteiger partial charge in [-0.15, -0.1) is 24.0 Å². The van der Waals surface area contributed by atoms with Gasteiger partial charge in [0.25, 0.3) is 0 Å². The largest absolute Gasteiger partial charge is 0.356 e. The van der Waals surface area contributed by atoms with E-state index in [-0.39, 0.29) is 24.0 Å². The lowest BCUT2D eigenvalue weighted by Crippen LogP contribution is -2.45. The van der Waals surface area contributed by atoms with Crippen LogP contribution in [0.5, 0.6) is 0 Å². The molecule has 0 aromatic heterocycles. The molecule has 2 N–H and O–H groups in total. The lowest BCUT2D eigenvalue weighted by Gasteiger charge is -2.21. The van der Waals surface area contributed by atoms with Crippen molar-refractivity contribution in [2.24, 2.45) is 4.99 Å². The number of aliphatic imine (C=N–C) groups is 1. The summed E-state index contributed by atoms with van der Waals surface area (Å²) in [5.74, 6) is 1.40. The highest BCUT2D eigenvalue weighted by Gasteiger charge is 2.38. The van der Waals surface area contributed by atoms with Crippen LogP contribution in [0.2, 0.25) is 0 Å². The molecule has 1 saturated heterocycles. The molecule has 2 fully saturated rings. The van der Waals surface area contributed by atoms with Crippen molar-refractivity contribution in [3.63, 3.8) is 0 Å². The van der Waals surface area contributed by atoms with Crippen LogP contribution in [0, 0.1) is 6.92 Å². The van der Waals surface area contributed by atoms with Gasteiger partial charge in [0.05, 0.1) is 0 Å². The van der Waals surface area contributed by atoms with E-state index < -0.39 is 0 Å². The Hall–Kier alpha value is -0.820. The van der Waals surface area contributed by atoms with E-state index in [0.717, 1.165) is 25.1 Å². The normalized spacial score (nSPS) is 25.4. The molecular formula is C20H33IN4. The Morgan fingerprint density at radius 2 is 1.96 bits per heavy atom. The molecule has 0 amide bonds. The molecule has 1 aromatic carbocycles. The number of guanidine groups is 1. The van der Waals surface area contributed by atoms with E-state index in [0.29, 0.717) is 18.0 Å². The van der Waals surface area contributed by atoms with E-state index in [4.69, 9.17) is 0 Å². The van der Waals surface area contributed by atoms with Crippen molar-refractivity contribution in [3.05, 3.63) is 35.4 Å². The van der Waals surface area contributed by atoms with Crippen molar-refractivity contribution < 1.29 is 0 Å². The molecule has 0 bridgehead atoms. The van der Waals surface area contributed by atoms with Gasteiger partial charge in [-0.2, -0.15) is 0 Å². The van der Waals surface area contributed by atoms with Gasteiger partial charge < -0.3 is 10.6 Å². The van der Waals surface area contributed by atoms with Crippen LogP contribution in [0.25, 0.3) is 0 Å². The van der Waals surface area contributed by atoms with Crippen LogP contribution in [0.3, 0.4) is 0 Å². The second kappa shape index (κ2) is 9.21. The molecule has 1 aromatic rings. The molecule has 0 radical (unpaired) electrons. The van der Waals surface area contributed by atoms with Gasteiger partial charge >= 0.3 is 0 Å². The quantitative estimate of drug-likeness (QED) is 0.405.